The molecule has 0 heterocycles. The van der Waals surface area contributed by atoms with Gasteiger partial charge in [0.25, 0.3) is 0 Å². The van der Waals surface area contributed by atoms with Crippen molar-refractivity contribution >= 4 is 0 Å². The Morgan fingerprint density at radius 3 is 2.92 bits per heavy atom. The normalized spacial score (nSPS) is 21.0. The van der Waals surface area contributed by atoms with Gasteiger partial charge in [-0.15, -0.1) is 0 Å². The van der Waals surface area contributed by atoms with Crippen LogP contribution in [0.25, 0.3) is 0 Å². The molecule has 1 aliphatic carbocycles. The van der Waals surface area contributed by atoms with Crippen LogP contribution in [0.3, 0.4) is 0 Å². The van der Waals surface area contributed by atoms with Crippen molar-refractivity contribution in [1.29, 1.82) is 0 Å². The molecule has 64 valence electrons. The van der Waals surface area contributed by atoms with Crippen LogP contribution in [0.1, 0.15) is 11.1 Å². The minimum absolute atomic E-state index is 0.122. The summed E-state index contributed by atoms with van der Waals surface area (Å²) in [4.78, 5) is 0. The van der Waals surface area contributed by atoms with Crippen LogP contribution in [0.5, 0.6) is 0 Å². The fourth-order valence-electron chi connectivity index (χ4n) is 1.82. The van der Waals surface area contributed by atoms with Gasteiger partial charge >= 0.3 is 0 Å². The van der Waals surface area contributed by atoms with Gasteiger partial charge in [0.1, 0.15) is 5.82 Å². The Morgan fingerprint density at radius 1 is 1.42 bits per heavy atom. The van der Waals surface area contributed by atoms with Crippen molar-refractivity contribution in [3.8, 4) is 0 Å². The van der Waals surface area contributed by atoms with Crippen LogP contribution in [0.2, 0.25) is 0 Å². The number of aliphatic hydroxyl groups excluding tert-OH is 1. The van der Waals surface area contributed by atoms with Crippen LogP contribution in [0.15, 0.2) is 18.2 Å². The molecule has 1 aromatic rings. The minimum atomic E-state index is -0.122. The van der Waals surface area contributed by atoms with Crippen molar-refractivity contribution < 1.29 is 9.50 Å². The summed E-state index contributed by atoms with van der Waals surface area (Å²) in [5.41, 5.74) is 1.87. The molecule has 0 aromatic heterocycles. The SMILES string of the molecule is OCC1Cc2cccc(F)c2C1. The van der Waals surface area contributed by atoms with E-state index in [9.17, 15) is 4.39 Å². The molecule has 1 N–H and O–H groups in total. The van der Waals surface area contributed by atoms with Gasteiger partial charge in [-0.1, -0.05) is 12.1 Å². The summed E-state index contributed by atoms with van der Waals surface area (Å²) in [7, 11) is 0. The molecule has 0 saturated heterocycles. The van der Waals surface area contributed by atoms with E-state index >= 15 is 0 Å². The molecule has 1 aromatic carbocycles. The summed E-state index contributed by atoms with van der Waals surface area (Å²) in [6.45, 7) is 0.161. The van der Waals surface area contributed by atoms with Gasteiger partial charge in [-0.25, -0.2) is 4.39 Å². The highest BCUT2D eigenvalue weighted by molar-refractivity contribution is 5.33. The third kappa shape index (κ3) is 1.12. The molecule has 2 rings (SSSR count). The van der Waals surface area contributed by atoms with E-state index in [1.807, 2.05) is 6.07 Å². The molecule has 1 atom stereocenters. The van der Waals surface area contributed by atoms with E-state index in [-0.39, 0.29) is 18.3 Å². The lowest BCUT2D eigenvalue weighted by Crippen LogP contribution is -2.04. The molecule has 1 nitrogen and oxygen atoms in total. The molecule has 0 radical (unpaired) electrons. The molecule has 1 aliphatic rings. The molecule has 0 bridgehead atoms. The predicted octanol–water partition coefficient (Wildman–Crippen LogP) is 1.53. The van der Waals surface area contributed by atoms with E-state index in [1.165, 1.54) is 6.07 Å². The predicted molar refractivity (Wildman–Crippen MR) is 44.4 cm³/mol. The highest BCUT2D eigenvalue weighted by Crippen LogP contribution is 2.28. The Balaban J connectivity index is 2.35. The quantitative estimate of drug-likeness (QED) is 0.670. The average Bonchev–Trinajstić information content (AvgIpc) is 2.49. The van der Waals surface area contributed by atoms with Gasteiger partial charge in [0.15, 0.2) is 0 Å². The maximum atomic E-state index is 13.1. The van der Waals surface area contributed by atoms with Crippen molar-refractivity contribution in [2.45, 2.75) is 12.8 Å². The van der Waals surface area contributed by atoms with Gasteiger partial charge in [0.2, 0.25) is 0 Å². The summed E-state index contributed by atoms with van der Waals surface area (Å²) in [5.74, 6) is 0.111. The fourth-order valence-corrected chi connectivity index (χ4v) is 1.82. The number of halogens is 1. The fraction of sp³-hybridized carbons (Fsp3) is 0.400. The van der Waals surface area contributed by atoms with E-state index in [0.29, 0.717) is 6.42 Å². The topological polar surface area (TPSA) is 20.2 Å². The van der Waals surface area contributed by atoms with Crippen molar-refractivity contribution in [2.24, 2.45) is 5.92 Å². The van der Waals surface area contributed by atoms with Gasteiger partial charge < -0.3 is 5.11 Å². The van der Waals surface area contributed by atoms with Gasteiger partial charge in [0.05, 0.1) is 0 Å². The number of fused-ring (bicyclic) bond motifs is 1. The monoisotopic (exact) mass is 166 g/mol. The molecular formula is C10H11FO. The van der Waals surface area contributed by atoms with E-state index in [2.05, 4.69) is 0 Å². The third-order valence-electron chi connectivity index (χ3n) is 2.48. The first-order valence-electron chi connectivity index (χ1n) is 4.18. The molecule has 0 saturated carbocycles. The Kier molecular flexibility index (Phi) is 1.85. The van der Waals surface area contributed by atoms with E-state index in [4.69, 9.17) is 5.11 Å². The Hall–Kier alpha value is -0.890. The first-order chi connectivity index (χ1) is 5.81. The summed E-state index contributed by atoms with van der Waals surface area (Å²) in [6, 6.07) is 5.15. The van der Waals surface area contributed by atoms with E-state index in [0.717, 1.165) is 17.5 Å². The highest BCUT2D eigenvalue weighted by Gasteiger charge is 2.22. The zero-order valence-corrected chi connectivity index (χ0v) is 6.76. The van der Waals surface area contributed by atoms with Gasteiger partial charge in [-0.3, -0.25) is 0 Å². The Morgan fingerprint density at radius 2 is 2.25 bits per heavy atom. The molecule has 0 fully saturated rings. The van der Waals surface area contributed by atoms with Crippen LogP contribution in [0, 0.1) is 11.7 Å². The molecule has 0 spiro atoms. The minimum Gasteiger partial charge on any atom is -0.396 e. The van der Waals surface area contributed by atoms with Crippen LogP contribution < -0.4 is 0 Å². The molecule has 1 unspecified atom stereocenters. The smallest absolute Gasteiger partial charge is 0.126 e. The number of benzene rings is 1. The maximum absolute atomic E-state index is 13.1. The second-order valence-corrected chi connectivity index (χ2v) is 3.33. The largest absolute Gasteiger partial charge is 0.396 e. The second kappa shape index (κ2) is 2.87. The van der Waals surface area contributed by atoms with Gasteiger partial charge in [-0.05, 0) is 36.0 Å². The summed E-state index contributed by atoms with van der Waals surface area (Å²) >= 11 is 0. The molecule has 12 heavy (non-hydrogen) atoms. The van der Waals surface area contributed by atoms with Gasteiger partial charge in [-0.2, -0.15) is 0 Å². The Labute approximate surface area is 70.8 Å². The lowest BCUT2D eigenvalue weighted by Gasteiger charge is -2.00. The van der Waals surface area contributed by atoms with Crippen LogP contribution in [-0.4, -0.2) is 11.7 Å². The first kappa shape index (κ1) is 7.74. The lowest BCUT2D eigenvalue weighted by molar-refractivity contribution is 0.232. The second-order valence-electron chi connectivity index (χ2n) is 3.33. The van der Waals surface area contributed by atoms with Crippen molar-refractivity contribution in [2.75, 3.05) is 6.61 Å². The Bertz CT molecular complexity index is 296. The van der Waals surface area contributed by atoms with Crippen molar-refractivity contribution in [3.63, 3.8) is 0 Å². The molecule has 2 heteroatoms. The summed E-state index contributed by atoms with van der Waals surface area (Å²) in [6.07, 6.45) is 1.52. The van der Waals surface area contributed by atoms with Crippen LogP contribution in [0.4, 0.5) is 4.39 Å². The molecule has 0 aliphatic heterocycles. The number of hydrogen-bond acceptors (Lipinski definition) is 1. The van der Waals surface area contributed by atoms with Crippen LogP contribution >= 0.6 is 0 Å². The zero-order chi connectivity index (χ0) is 8.55. The van der Waals surface area contributed by atoms with Crippen molar-refractivity contribution in [1.82, 2.24) is 0 Å². The van der Waals surface area contributed by atoms with E-state index < -0.39 is 0 Å². The number of rotatable bonds is 1. The zero-order valence-electron chi connectivity index (χ0n) is 6.76. The number of hydrogen-bond donors (Lipinski definition) is 1. The lowest BCUT2D eigenvalue weighted by atomic mass is 10.1. The average molecular weight is 166 g/mol. The van der Waals surface area contributed by atoms with Crippen molar-refractivity contribution in [3.05, 3.63) is 35.1 Å². The third-order valence-corrected chi connectivity index (χ3v) is 2.48. The summed E-state index contributed by atoms with van der Waals surface area (Å²) < 4.78 is 13.1. The summed E-state index contributed by atoms with van der Waals surface area (Å²) in [5, 5.41) is 8.91. The van der Waals surface area contributed by atoms with Crippen LogP contribution in [-0.2, 0) is 12.8 Å². The number of aliphatic hydroxyl groups is 1. The first-order valence-corrected chi connectivity index (χ1v) is 4.18. The highest BCUT2D eigenvalue weighted by atomic mass is 19.1. The van der Waals surface area contributed by atoms with Gasteiger partial charge in [0, 0.05) is 6.61 Å². The van der Waals surface area contributed by atoms with E-state index in [1.54, 1.807) is 6.07 Å². The maximum Gasteiger partial charge on any atom is 0.126 e. The molecular weight excluding hydrogens is 155 g/mol. The standard InChI is InChI=1S/C10H11FO/c11-10-3-1-2-8-4-7(6-12)5-9(8)10/h1-3,7,12H,4-6H2. The molecule has 0 amide bonds.